The highest BCUT2D eigenvalue weighted by atomic mass is 19.1. The fourth-order valence-electron chi connectivity index (χ4n) is 2.07. The number of amides is 1. The number of amidine groups is 1. The number of oxime groups is 1. The largest absolute Gasteiger partial charge is 0.381 e. The van der Waals surface area contributed by atoms with Gasteiger partial charge in [-0.15, -0.1) is 0 Å². The van der Waals surface area contributed by atoms with Crippen LogP contribution in [0.25, 0.3) is 0 Å². The summed E-state index contributed by atoms with van der Waals surface area (Å²) >= 11 is 0. The molecule has 1 amide bonds. The van der Waals surface area contributed by atoms with Gasteiger partial charge in [0.05, 0.1) is 12.7 Å². The highest BCUT2D eigenvalue weighted by molar-refractivity contribution is 6.08. The standard InChI is InChI=1S/C15H13FN4O2/c1-10-15(21)20(9-11-2-4-12(16)5-3-11)14(19-22-10)13-8-17-6-7-18-13/h2-8,10H,9H2,1H3. The van der Waals surface area contributed by atoms with Crippen molar-refractivity contribution in [3.63, 3.8) is 0 Å². The van der Waals surface area contributed by atoms with Crippen molar-refractivity contribution in [1.82, 2.24) is 14.9 Å². The van der Waals surface area contributed by atoms with E-state index in [1.54, 1.807) is 19.1 Å². The molecule has 1 aromatic carbocycles. The summed E-state index contributed by atoms with van der Waals surface area (Å²) in [5, 5.41) is 3.97. The zero-order chi connectivity index (χ0) is 15.5. The first-order valence-electron chi connectivity index (χ1n) is 6.71. The van der Waals surface area contributed by atoms with Crippen molar-refractivity contribution >= 4 is 11.7 Å². The number of nitrogens with zero attached hydrogens (tertiary/aromatic N) is 4. The number of carbonyl (C=O) groups excluding carboxylic acids is 1. The van der Waals surface area contributed by atoms with Crippen LogP contribution in [0.15, 0.2) is 48.0 Å². The van der Waals surface area contributed by atoms with Gasteiger partial charge in [-0.25, -0.2) is 9.37 Å². The van der Waals surface area contributed by atoms with Gasteiger partial charge in [0.25, 0.3) is 5.91 Å². The zero-order valence-electron chi connectivity index (χ0n) is 11.8. The van der Waals surface area contributed by atoms with Crippen molar-refractivity contribution in [3.05, 3.63) is 59.9 Å². The molecule has 0 fully saturated rings. The minimum absolute atomic E-state index is 0.236. The Kier molecular flexibility index (Phi) is 3.78. The molecule has 0 aliphatic carbocycles. The summed E-state index contributed by atoms with van der Waals surface area (Å²) in [5.41, 5.74) is 1.21. The van der Waals surface area contributed by atoms with Crippen molar-refractivity contribution in [2.75, 3.05) is 0 Å². The van der Waals surface area contributed by atoms with E-state index in [9.17, 15) is 9.18 Å². The number of benzene rings is 1. The number of halogens is 1. The Morgan fingerprint density at radius 2 is 2.05 bits per heavy atom. The molecule has 0 N–H and O–H groups in total. The molecule has 0 radical (unpaired) electrons. The first kappa shape index (κ1) is 14.1. The maximum absolute atomic E-state index is 13.0. The van der Waals surface area contributed by atoms with E-state index in [-0.39, 0.29) is 18.3 Å². The number of hydrogen-bond donors (Lipinski definition) is 0. The maximum Gasteiger partial charge on any atom is 0.272 e. The predicted octanol–water partition coefficient (Wildman–Crippen LogP) is 1.72. The molecule has 7 heteroatoms. The topological polar surface area (TPSA) is 67.7 Å². The lowest BCUT2D eigenvalue weighted by molar-refractivity contribution is -0.142. The summed E-state index contributed by atoms with van der Waals surface area (Å²) < 4.78 is 13.0. The SMILES string of the molecule is CC1ON=C(c2cnccn2)N(Cc2ccc(F)cc2)C1=O. The second-order valence-electron chi connectivity index (χ2n) is 4.80. The Labute approximate surface area is 126 Å². The van der Waals surface area contributed by atoms with Crippen LogP contribution in [-0.2, 0) is 16.2 Å². The van der Waals surface area contributed by atoms with E-state index < -0.39 is 6.10 Å². The number of carbonyl (C=O) groups is 1. The van der Waals surface area contributed by atoms with Gasteiger partial charge in [0.15, 0.2) is 0 Å². The Morgan fingerprint density at radius 1 is 1.27 bits per heavy atom. The molecule has 1 aliphatic heterocycles. The third-order valence-electron chi connectivity index (χ3n) is 3.21. The van der Waals surface area contributed by atoms with Crippen molar-refractivity contribution in [2.45, 2.75) is 19.6 Å². The highest BCUT2D eigenvalue weighted by Crippen LogP contribution is 2.17. The maximum atomic E-state index is 13.0. The second kappa shape index (κ2) is 5.88. The molecule has 2 heterocycles. The molecular weight excluding hydrogens is 287 g/mol. The molecule has 0 saturated heterocycles. The van der Waals surface area contributed by atoms with E-state index in [0.717, 1.165) is 5.56 Å². The van der Waals surface area contributed by atoms with Gasteiger partial charge in [-0.3, -0.25) is 14.7 Å². The van der Waals surface area contributed by atoms with Gasteiger partial charge in [-0.2, -0.15) is 0 Å². The van der Waals surface area contributed by atoms with Crippen LogP contribution >= 0.6 is 0 Å². The van der Waals surface area contributed by atoms with E-state index in [1.807, 2.05) is 0 Å². The van der Waals surface area contributed by atoms with Crippen molar-refractivity contribution in [2.24, 2.45) is 5.16 Å². The molecule has 6 nitrogen and oxygen atoms in total. The van der Waals surface area contributed by atoms with Crippen molar-refractivity contribution in [3.8, 4) is 0 Å². The Morgan fingerprint density at radius 3 is 2.73 bits per heavy atom. The summed E-state index contributed by atoms with van der Waals surface area (Å²) in [4.78, 5) is 27.1. The average molecular weight is 300 g/mol. The van der Waals surface area contributed by atoms with Crippen LogP contribution in [0.4, 0.5) is 4.39 Å². The van der Waals surface area contributed by atoms with Crippen LogP contribution in [0.5, 0.6) is 0 Å². The van der Waals surface area contributed by atoms with Crippen molar-refractivity contribution < 1.29 is 14.0 Å². The van der Waals surface area contributed by atoms with Crippen LogP contribution in [0.2, 0.25) is 0 Å². The lowest BCUT2D eigenvalue weighted by Crippen LogP contribution is -2.46. The van der Waals surface area contributed by atoms with Crippen molar-refractivity contribution in [1.29, 1.82) is 0 Å². The molecule has 3 rings (SSSR count). The molecule has 1 aromatic heterocycles. The fraction of sp³-hybridized carbons (Fsp3) is 0.200. The zero-order valence-corrected chi connectivity index (χ0v) is 11.8. The summed E-state index contributed by atoms with van der Waals surface area (Å²) in [6.07, 6.45) is 3.86. The van der Waals surface area contributed by atoms with Crippen LogP contribution in [0.3, 0.4) is 0 Å². The van der Waals surface area contributed by atoms with Gasteiger partial charge in [-0.05, 0) is 24.6 Å². The molecule has 1 atom stereocenters. The summed E-state index contributed by atoms with van der Waals surface area (Å²) in [5.74, 6) is -0.270. The summed E-state index contributed by atoms with van der Waals surface area (Å²) in [7, 11) is 0. The molecule has 112 valence electrons. The third kappa shape index (κ3) is 2.78. The quantitative estimate of drug-likeness (QED) is 0.865. The van der Waals surface area contributed by atoms with Crippen LogP contribution in [-0.4, -0.2) is 32.7 Å². The smallest absolute Gasteiger partial charge is 0.272 e. The van der Waals surface area contributed by atoms with E-state index >= 15 is 0 Å². The van der Waals surface area contributed by atoms with Gasteiger partial charge in [0.2, 0.25) is 11.9 Å². The predicted molar refractivity (Wildman–Crippen MR) is 76.1 cm³/mol. The van der Waals surface area contributed by atoms with E-state index in [0.29, 0.717) is 11.5 Å². The Balaban J connectivity index is 1.93. The monoisotopic (exact) mass is 300 g/mol. The van der Waals surface area contributed by atoms with Gasteiger partial charge >= 0.3 is 0 Å². The minimum Gasteiger partial charge on any atom is -0.381 e. The van der Waals surface area contributed by atoms with Gasteiger partial charge in [0.1, 0.15) is 11.5 Å². The first-order valence-corrected chi connectivity index (χ1v) is 6.71. The molecule has 2 aromatic rings. The third-order valence-corrected chi connectivity index (χ3v) is 3.21. The normalized spacial score (nSPS) is 17.9. The number of aromatic nitrogens is 2. The highest BCUT2D eigenvalue weighted by Gasteiger charge is 2.32. The molecule has 1 unspecified atom stereocenters. The molecule has 22 heavy (non-hydrogen) atoms. The first-order chi connectivity index (χ1) is 10.6. The summed E-state index contributed by atoms with van der Waals surface area (Å²) in [6.45, 7) is 1.87. The number of rotatable bonds is 3. The van der Waals surface area contributed by atoms with E-state index in [4.69, 9.17) is 4.84 Å². The molecule has 1 aliphatic rings. The minimum atomic E-state index is -0.680. The Hall–Kier alpha value is -2.83. The van der Waals surface area contributed by atoms with Crippen LogP contribution in [0.1, 0.15) is 18.2 Å². The molecule has 0 saturated carbocycles. The molecule has 0 bridgehead atoms. The van der Waals surface area contributed by atoms with Gasteiger partial charge in [0, 0.05) is 12.4 Å². The van der Waals surface area contributed by atoms with E-state index in [2.05, 4.69) is 15.1 Å². The molecular formula is C15H13FN4O2. The van der Waals surface area contributed by atoms with Gasteiger partial charge < -0.3 is 4.84 Å². The lowest BCUT2D eigenvalue weighted by atomic mass is 10.1. The van der Waals surface area contributed by atoms with Crippen LogP contribution < -0.4 is 0 Å². The molecule has 0 spiro atoms. The Bertz CT molecular complexity index is 703. The van der Waals surface area contributed by atoms with E-state index in [1.165, 1.54) is 35.6 Å². The van der Waals surface area contributed by atoms with Gasteiger partial charge in [-0.1, -0.05) is 17.3 Å². The summed E-state index contributed by atoms with van der Waals surface area (Å²) in [6, 6.07) is 5.94. The lowest BCUT2D eigenvalue weighted by Gasteiger charge is -2.29. The second-order valence-corrected chi connectivity index (χ2v) is 4.80. The van der Waals surface area contributed by atoms with Crippen LogP contribution in [0, 0.1) is 5.82 Å². The average Bonchev–Trinajstić information content (AvgIpc) is 2.55. The fourth-order valence-corrected chi connectivity index (χ4v) is 2.07. The number of hydrogen-bond acceptors (Lipinski definition) is 5.